The van der Waals surface area contributed by atoms with Crippen LogP contribution in [0.15, 0.2) is 35.3 Å². The summed E-state index contributed by atoms with van der Waals surface area (Å²) in [7, 11) is 0. The van der Waals surface area contributed by atoms with Crippen molar-refractivity contribution in [2.45, 2.75) is 32.8 Å². The van der Waals surface area contributed by atoms with E-state index in [0.717, 1.165) is 25.1 Å². The highest BCUT2D eigenvalue weighted by Gasteiger charge is 2.02. The highest BCUT2D eigenvalue weighted by Crippen LogP contribution is 2.10. The molecule has 0 saturated heterocycles. The molecule has 0 aliphatic carbocycles. The van der Waals surface area contributed by atoms with E-state index in [1.54, 1.807) is 0 Å². The molecule has 0 aliphatic rings. The number of nitrogens with zero attached hydrogens (tertiary/aromatic N) is 1. The van der Waals surface area contributed by atoms with Gasteiger partial charge in [0.25, 0.3) is 0 Å². The highest BCUT2D eigenvalue weighted by molar-refractivity contribution is 5.77. The SMILES string of the molecule is CCCCNC(N)=NCC(C)Oc1ccccc1. The fourth-order valence-electron chi connectivity index (χ4n) is 1.44. The van der Waals surface area contributed by atoms with Crippen LogP contribution >= 0.6 is 0 Å². The van der Waals surface area contributed by atoms with Crippen LogP contribution in [-0.2, 0) is 0 Å². The molecule has 0 heterocycles. The lowest BCUT2D eigenvalue weighted by Gasteiger charge is -2.13. The molecule has 0 radical (unpaired) electrons. The minimum absolute atomic E-state index is 0.0129. The molecule has 1 atom stereocenters. The Kier molecular flexibility index (Phi) is 6.69. The molecule has 18 heavy (non-hydrogen) atoms. The maximum absolute atomic E-state index is 5.74. The van der Waals surface area contributed by atoms with Gasteiger partial charge in [-0.15, -0.1) is 0 Å². The van der Waals surface area contributed by atoms with Gasteiger partial charge in [0.05, 0.1) is 6.54 Å². The number of guanidine groups is 1. The van der Waals surface area contributed by atoms with Gasteiger partial charge < -0.3 is 15.8 Å². The largest absolute Gasteiger partial charge is 0.489 e. The molecule has 4 heteroatoms. The summed E-state index contributed by atoms with van der Waals surface area (Å²) in [6.07, 6.45) is 2.26. The lowest BCUT2D eigenvalue weighted by Crippen LogP contribution is -2.33. The smallest absolute Gasteiger partial charge is 0.188 e. The molecule has 0 aliphatic heterocycles. The molecule has 1 aromatic rings. The van der Waals surface area contributed by atoms with Crippen molar-refractivity contribution < 1.29 is 4.74 Å². The predicted octanol–water partition coefficient (Wildman–Crippen LogP) is 2.16. The third kappa shape index (κ3) is 6.13. The number of hydrogen-bond donors (Lipinski definition) is 2. The van der Waals surface area contributed by atoms with E-state index in [1.165, 1.54) is 0 Å². The summed E-state index contributed by atoms with van der Waals surface area (Å²) in [6, 6.07) is 9.73. The Hall–Kier alpha value is -1.71. The van der Waals surface area contributed by atoms with E-state index in [9.17, 15) is 0 Å². The molecular weight excluding hydrogens is 226 g/mol. The molecule has 1 rings (SSSR count). The number of unbranched alkanes of at least 4 members (excludes halogenated alkanes) is 1. The predicted molar refractivity (Wildman–Crippen MR) is 75.9 cm³/mol. The molecule has 0 saturated carbocycles. The van der Waals surface area contributed by atoms with Crippen LogP contribution in [0.4, 0.5) is 0 Å². The van der Waals surface area contributed by atoms with Crippen molar-refractivity contribution in [1.29, 1.82) is 0 Å². The van der Waals surface area contributed by atoms with Gasteiger partial charge in [-0.05, 0) is 25.5 Å². The van der Waals surface area contributed by atoms with E-state index >= 15 is 0 Å². The average molecular weight is 249 g/mol. The molecule has 100 valence electrons. The normalized spacial score (nSPS) is 13.1. The molecule has 3 N–H and O–H groups in total. The maximum atomic E-state index is 5.74. The van der Waals surface area contributed by atoms with Crippen molar-refractivity contribution in [3.63, 3.8) is 0 Å². The molecule has 0 aromatic heterocycles. The summed E-state index contributed by atoms with van der Waals surface area (Å²) < 4.78 is 5.70. The summed E-state index contributed by atoms with van der Waals surface area (Å²) in [5.74, 6) is 1.35. The first kappa shape index (κ1) is 14.4. The summed E-state index contributed by atoms with van der Waals surface area (Å²) in [4.78, 5) is 4.25. The second kappa shape index (κ2) is 8.39. The Balaban J connectivity index is 2.27. The zero-order valence-electron chi connectivity index (χ0n) is 11.2. The fraction of sp³-hybridized carbons (Fsp3) is 0.500. The minimum Gasteiger partial charge on any atom is -0.489 e. The van der Waals surface area contributed by atoms with E-state index in [-0.39, 0.29) is 6.10 Å². The molecule has 0 spiro atoms. The minimum atomic E-state index is 0.0129. The first-order chi connectivity index (χ1) is 8.72. The first-order valence-corrected chi connectivity index (χ1v) is 6.48. The second-order valence-corrected chi connectivity index (χ2v) is 4.25. The molecule has 0 bridgehead atoms. The Morgan fingerprint density at radius 3 is 2.78 bits per heavy atom. The van der Waals surface area contributed by atoms with Gasteiger partial charge in [-0.2, -0.15) is 0 Å². The van der Waals surface area contributed by atoms with E-state index in [1.807, 2.05) is 37.3 Å². The lowest BCUT2D eigenvalue weighted by atomic mass is 10.3. The van der Waals surface area contributed by atoms with E-state index in [0.29, 0.717) is 12.5 Å². The van der Waals surface area contributed by atoms with Crippen molar-refractivity contribution in [3.8, 4) is 5.75 Å². The van der Waals surface area contributed by atoms with Crippen LogP contribution < -0.4 is 15.8 Å². The summed E-state index contributed by atoms with van der Waals surface area (Å²) in [5.41, 5.74) is 5.74. The number of benzene rings is 1. The number of hydrogen-bond acceptors (Lipinski definition) is 2. The van der Waals surface area contributed by atoms with Crippen LogP contribution in [0.25, 0.3) is 0 Å². The summed E-state index contributed by atoms with van der Waals surface area (Å²) in [5, 5.41) is 3.07. The van der Waals surface area contributed by atoms with Gasteiger partial charge >= 0.3 is 0 Å². The van der Waals surface area contributed by atoms with Crippen molar-refractivity contribution in [3.05, 3.63) is 30.3 Å². The van der Waals surface area contributed by atoms with Gasteiger partial charge in [0.15, 0.2) is 5.96 Å². The lowest BCUT2D eigenvalue weighted by molar-refractivity contribution is 0.230. The standard InChI is InChI=1S/C14H23N3O/c1-3-4-10-16-14(15)17-11-12(2)18-13-8-6-5-7-9-13/h5-9,12H,3-4,10-11H2,1-2H3,(H3,15,16,17). The number of nitrogens with two attached hydrogens (primary N) is 1. The fourth-order valence-corrected chi connectivity index (χ4v) is 1.44. The Labute approximate surface area is 109 Å². The number of aliphatic imine (C=N–C) groups is 1. The topological polar surface area (TPSA) is 59.6 Å². The quantitative estimate of drug-likeness (QED) is 0.442. The van der Waals surface area contributed by atoms with Crippen molar-refractivity contribution in [2.75, 3.05) is 13.1 Å². The highest BCUT2D eigenvalue weighted by atomic mass is 16.5. The summed E-state index contributed by atoms with van der Waals surface area (Å²) >= 11 is 0. The summed E-state index contributed by atoms with van der Waals surface area (Å²) in [6.45, 7) is 5.56. The number of nitrogens with one attached hydrogen (secondary N) is 1. The van der Waals surface area contributed by atoms with Gasteiger partial charge in [0.2, 0.25) is 0 Å². The maximum Gasteiger partial charge on any atom is 0.188 e. The van der Waals surface area contributed by atoms with Crippen LogP contribution in [-0.4, -0.2) is 25.2 Å². The Bertz CT molecular complexity index is 351. The third-order valence-electron chi connectivity index (χ3n) is 2.44. The number of rotatable bonds is 7. The van der Waals surface area contributed by atoms with Crippen LogP contribution in [0.3, 0.4) is 0 Å². The molecule has 0 fully saturated rings. The van der Waals surface area contributed by atoms with E-state index in [4.69, 9.17) is 10.5 Å². The van der Waals surface area contributed by atoms with Crippen LogP contribution in [0.1, 0.15) is 26.7 Å². The molecule has 0 amide bonds. The average Bonchev–Trinajstić information content (AvgIpc) is 2.38. The van der Waals surface area contributed by atoms with Gasteiger partial charge in [-0.25, -0.2) is 4.99 Å². The van der Waals surface area contributed by atoms with Crippen molar-refractivity contribution >= 4 is 5.96 Å². The van der Waals surface area contributed by atoms with Gasteiger partial charge in [-0.3, -0.25) is 0 Å². The van der Waals surface area contributed by atoms with Gasteiger partial charge in [0, 0.05) is 6.54 Å². The zero-order chi connectivity index (χ0) is 13.2. The zero-order valence-corrected chi connectivity index (χ0v) is 11.2. The molecule has 4 nitrogen and oxygen atoms in total. The van der Waals surface area contributed by atoms with Crippen LogP contribution in [0.5, 0.6) is 5.75 Å². The number of ether oxygens (including phenoxy) is 1. The monoisotopic (exact) mass is 249 g/mol. The van der Waals surface area contributed by atoms with Crippen molar-refractivity contribution in [2.24, 2.45) is 10.7 Å². The molecule has 1 aromatic carbocycles. The van der Waals surface area contributed by atoms with Crippen molar-refractivity contribution in [1.82, 2.24) is 5.32 Å². The van der Waals surface area contributed by atoms with E-state index < -0.39 is 0 Å². The van der Waals surface area contributed by atoms with Crippen LogP contribution in [0.2, 0.25) is 0 Å². The Morgan fingerprint density at radius 1 is 1.39 bits per heavy atom. The molecular formula is C14H23N3O. The number of para-hydroxylation sites is 1. The third-order valence-corrected chi connectivity index (χ3v) is 2.44. The van der Waals surface area contributed by atoms with E-state index in [2.05, 4.69) is 17.2 Å². The molecule has 1 unspecified atom stereocenters. The van der Waals surface area contributed by atoms with Gasteiger partial charge in [0.1, 0.15) is 11.9 Å². The van der Waals surface area contributed by atoms with Crippen LogP contribution in [0, 0.1) is 0 Å². The van der Waals surface area contributed by atoms with Gasteiger partial charge in [-0.1, -0.05) is 31.5 Å². The first-order valence-electron chi connectivity index (χ1n) is 6.48. The second-order valence-electron chi connectivity index (χ2n) is 4.25. The Morgan fingerprint density at radius 2 is 2.11 bits per heavy atom.